The van der Waals surface area contributed by atoms with E-state index in [0.717, 1.165) is 55.5 Å². The number of nitrogens with one attached hydrogen (secondary N) is 1. The van der Waals surface area contributed by atoms with Crippen LogP contribution in [0, 0.1) is 5.92 Å². The maximum atomic E-state index is 13.0. The van der Waals surface area contributed by atoms with E-state index in [4.69, 9.17) is 0 Å². The zero-order valence-electron chi connectivity index (χ0n) is 15.3. The second-order valence-corrected chi connectivity index (χ2v) is 7.52. The van der Waals surface area contributed by atoms with Crippen LogP contribution >= 0.6 is 0 Å². The molecule has 0 aromatic heterocycles. The van der Waals surface area contributed by atoms with Crippen LogP contribution in [0.4, 0.5) is 4.79 Å². The number of nitrogens with zero attached hydrogens (tertiary/aromatic N) is 2. The molecule has 3 aliphatic rings. The topological polar surface area (TPSA) is 69.7 Å². The van der Waals surface area contributed by atoms with Gasteiger partial charge in [0, 0.05) is 12.2 Å². The van der Waals surface area contributed by atoms with Gasteiger partial charge in [0.25, 0.3) is 5.91 Å². The van der Waals surface area contributed by atoms with Crippen molar-refractivity contribution in [3.8, 4) is 0 Å². The van der Waals surface area contributed by atoms with Crippen molar-refractivity contribution in [2.75, 3.05) is 13.1 Å². The number of hydrogen-bond acceptors (Lipinski definition) is 3. The molecule has 6 nitrogen and oxygen atoms in total. The Morgan fingerprint density at radius 3 is 2.76 bits per heavy atom. The standard InChI is InChI=1S/C19H29N3O3/c1-3-21(15-10-5-4-6-11-15)16(23)13-22-17(24)19(20-18(22)25)12-8-7-9-14(19)2/h10,14H,3-9,11-13H2,1-2H3,(H,20,25)/t14-,19-/m0/s1. The van der Waals surface area contributed by atoms with Gasteiger partial charge in [-0.1, -0.05) is 25.8 Å². The van der Waals surface area contributed by atoms with Crippen molar-refractivity contribution in [3.63, 3.8) is 0 Å². The van der Waals surface area contributed by atoms with Crippen LogP contribution in [0.2, 0.25) is 0 Å². The van der Waals surface area contributed by atoms with Crippen LogP contribution in [0.15, 0.2) is 11.8 Å². The molecular formula is C19H29N3O3. The van der Waals surface area contributed by atoms with Gasteiger partial charge in [-0.15, -0.1) is 0 Å². The lowest BCUT2D eigenvalue weighted by Crippen LogP contribution is -2.54. The first kappa shape index (κ1) is 18.0. The number of likely N-dealkylation sites (N-methyl/N-ethyl adjacent to an activating group) is 1. The van der Waals surface area contributed by atoms with E-state index in [2.05, 4.69) is 11.4 Å². The molecule has 3 rings (SSSR count). The second-order valence-electron chi connectivity index (χ2n) is 7.52. The quantitative estimate of drug-likeness (QED) is 0.795. The fourth-order valence-corrected chi connectivity index (χ4v) is 4.47. The predicted octanol–water partition coefficient (Wildman–Crippen LogP) is 2.79. The summed E-state index contributed by atoms with van der Waals surface area (Å²) < 4.78 is 0. The summed E-state index contributed by atoms with van der Waals surface area (Å²) in [5.74, 6) is -0.271. The number of allylic oxidation sites excluding steroid dienone is 2. The van der Waals surface area contributed by atoms with Crippen molar-refractivity contribution in [3.05, 3.63) is 11.8 Å². The monoisotopic (exact) mass is 347 g/mol. The van der Waals surface area contributed by atoms with Gasteiger partial charge in [-0.2, -0.15) is 0 Å². The van der Waals surface area contributed by atoms with Crippen molar-refractivity contribution in [1.29, 1.82) is 0 Å². The third kappa shape index (κ3) is 3.18. The van der Waals surface area contributed by atoms with E-state index in [0.29, 0.717) is 13.0 Å². The molecular weight excluding hydrogens is 318 g/mol. The second kappa shape index (κ2) is 7.18. The number of urea groups is 1. The molecule has 1 N–H and O–H groups in total. The molecule has 1 spiro atoms. The summed E-state index contributed by atoms with van der Waals surface area (Å²) in [4.78, 5) is 41.1. The van der Waals surface area contributed by atoms with Gasteiger partial charge in [0.2, 0.25) is 5.91 Å². The van der Waals surface area contributed by atoms with Gasteiger partial charge in [0.1, 0.15) is 12.1 Å². The molecule has 2 atom stereocenters. The van der Waals surface area contributed by atoms with E-state index in [1.165, 1.54) is 0 Å². The van der Waals surface area contributed by atoms with Crippen LogP contribution in [-0.4, -0.2) is 46.3 Å². The van der Waals surface area contributed by atoms with Gasteiger partial charge in [-0.25, -0.2) is 4.79 Å². The molecule has 1 heterocycles. The molecule has 6 heteroatoms. The van der Waals surface area contributed by atoms with Crippen LogP contribution in [0.25, 0.3) is 0 Å². The number of hydrogen-bond donors (Lipinski definition) is 1. The Morgan fingerprint density at radius 1 is 1.32 bits per heavy atom. The van der Waals surface area contributed by atoms with Crippen LogP contribution in [0.3, 0.4) is 0 Å². The highest BCUT2D eigenvalue weighted by atomic mass is 16.2. The zero-order valence-corrected chi connectivity index (χ0v) is 15.3. The molecule has 2 fully saturated rings. The number of rotatable bonds is 4. The predicted molar refractivity (Wildman–Crippen MR) is 94.5 cm³/mol. The Hall–Kier alpha value is -1.85. The van der Waals surface area contributed by atoms with Crippen LogP contribution in [0.5, 0.6) is 0 Å². The lowest BCUT2D eigenvalue weighted by atomic mass is 9.73. The summed E-state index contributed by atoms with van der Waals surface area (Å²) in [6.07, 6.45) is 9.86. The SMILES string of the molecule is CCN(C(=O)CN1C(=O)N[C@]2(CCCC[C@@H]2C)C1=O)C1=CCCCC1. The maximum Gasteiger partial charge on any atom is 0.325 e. The molecule has 2 aliphatic carbocycles. The van der Waals surface area contributed by atoms with E-state index in [-0.39, 0.29) is 24.3 Å². The molecule has 0 bridgehead atoms. The van der Waals surface area contributed by atoms with Gasteiger partial charge in [-0.05, 0) is 51.4 Å². The third-order valence-electron chi connectivity index (χ3n) is 6.03. The molecule has 25 heavy (non-hydrogen) atoms. The first-order chi connectivity index (χ1) is 12.0. The highest BCUT2D eigenvalue weighted by Crippen LogP contribution is 2.38. The van der Waals surface area contributed by atoms with Crippen molar-refractivity contribution in [1.82, 2.24) is 15.1 Å². The summed E-state index contributed by atoms with van der Waals surface area (Å²) in [6.45, 7) is 4.36. The summed E-state index contributed by atoms with van der Waals surface area (Å²) >= 11 is 0. The Bertz CT molecular complexity index is 601. The minimum atomic E-state index is -0.795. The van der Waals surface area contributed by atoms with Crippen LogP contribution < -0.4 is 5.32 Å². The average molecular weight is 347 g/mol. The van der Waals surface area contributed by atoms with Gasteiger partial charge in [0.15, 0.2) is 0 Å². The highest BCUT2D eigenvalue weighted by molar-refractivity contribution is 6.09. The minimum absolute atomic E-state index is 0.112. The summed E-state index contributed by atoms with van der Waals surface area (Å²) in [5, 5.41) is 2.91. The van der Waals surface area contributed by atoms with E-state index in [1.807, 2.05) is 13.8 Å². The number of carbonyl (C=O) groups is 3. The molecule has 1 saturated carbocycles. The first-order valence-corrected chi connectivity index (χ1v) is 9.63. The Kier molecular flexibility index (Phi) is 5.16. The highest BCUT2D eigenvalue weighted by Gasteiger charge is 2.55. The minimum Gasteiger partial charge on any atom is -0.323 e. The molecule has 1 aliphatic heterocycles. The molecule has 0 aromatic rings. The molecule has 138 valence electrons. The maximum absolute atomic E-state index is 13.0. The first-order valence-electron chi connectivity index (χ1n) is 9.63. The van der Waals surface area contributed by atoms with Gasteiger partial charge in [0.05, 0.1) is 0 Å². The van der Waals surface area contributed by atoms with Crippen molar-refractivity contribution >= 4 is 17.8 Å². The van der Waals surface area contributed by atoms with E-state index in [9.17, 15) is 14.4 Å². The van der Waals surface area contributed by atoms with E-state index < -0.39 is 11.6 Å². The summed E-state index contributed by atoms with van der Waals surface area (Å²) in [7, 11) is 0. The van der Waals surface area contributed by atoms with Crippen molar-refractivity contribution in [2.45, 2.75) is 70.8 Å². The fraction of sp³-hybridized carbons (Fsp3) is 0.737. The number of imide groups is 1. The Balaban J connectivity index is 1.73. The van der Waals surface area contributed by atoms with Crippen LogP contribution in [0.1, 0.15) is 65.2 Å². The van der Waals surface area contributed by atoms with Crippen LogP contribution in [-0.2, 0) is 9.59 Å². The Morgan fingerprint density at radius 2 is 2.12 bits per heavy atom. The van der Waals surface area contributed by atoms with Gasteiger partial charge >= 0.3 is 6.03 Å². The average Bonchev–Trinajstić information content (AvgIpc) is 2.84. The number of carbonyl (C=O) groups excluding carboxylic acids is 3. The summed E-state index contributed by atoms with van der Waals surface area (Å²) in [5.41, 5.74) is 0.239. The zero-order chi connectivity index (χ0) is 18.0. The van der Waals surface area contributed by atoms with E-state index in [1.54, 1.807) is 4.90 Å². The summed E-state index contributed by atoms with van der Waals surface area (Å²) in [6, 6.07) is -0.416. The number of amides is 4. The Labute approximate surface area is 149 Å². The van der Waals surface area contributed by atoms with Gasteiger partial charge in [-0.3, -0.25) is 14.5 Å². The smallest absolute Gasteiger partial charge is 0.323 e. The molecule has 0 aromatic carbocycles. The lowest BCUT2D eigenvalue weighted by Gasteiger charge is -2.37. The van der Waals surface area contributed by atoms with Crippen molar-refractivity contribution < 1.29 is 14.4 Å². The largest absolute Gasteiger partial charge is 0.325 e. The van der Waals surface area contributed by atoms with Gasteiger partial charge < -0.3 is 10.2 Å². The molecule has 1 saturated heterocycles. The van der Waals surface area contributed by atoms with Crippen molar-refractivity contribution in [2.24, 2.45) is 5.92 Å². The normalized spacial score (nSPS) is 29.6. The molecule has 4 amide bonds. The molecule has 0 radical (unpaired) electrons. The third-order valence-corrected chi connectivity index (χ3v) is 6.03. The lowest BCUT2D eigenvalue weighted by molar-refractivity contribution is -0.139. The molecule has 0 unspecified atom stereocenters. The van der Waals surface area contributed by atoms with E-state index >= 15 is 0 Å². The fourth-order valence-electron chi connectivity index (χ4n) is 4.47.